The van der Waals surface area contributed by atoms with E-state index in [-0.39, 0.29) is 0 Å². The van der Waals surface area contributed by atoms with Crippen molar-refractivity contribution in [3.63, 3.8) is 0 Å². The van der Waals surface area contributed by atoms with Crippen LogP contribution in [0, 0.1) is 12.8 Å². The van der Waals surface area contributed by atoms with E-state index in [2.05, 4.69) is 33.8 Å². The van der Waals surface area contributed by atoms with E-state index in [4.69, 9.17) is 0 Å². The first kappa shape index (κ1) is 11.7. The fraction of sp³-hybridized carbons (Fsp3) is 0.750. The molecule has 1 radical (unpaired) electrons. The maximum absolute atomic E-state index is 4.08. The number of hydrogen-bond donors (Lipinski definition) is 0. The molecule has 0 saturated carbocycles. The van der Waals surface area contributed by atoms with Crippen LogP contribution in [0.3, 0.4) is 0 Å². The second-order valence-corrected chi connectivity index (χ2v) is 3.42. The van der Waals surface area contributed by atoms with Crippen molar-refractivity contribution in [2.75, 3.05) is 0 Å². The van der Waals surface area contributed by atoms with Gasteiger partial charge < -0.3 is 0 Å². The maximum Gasteiger partial charge on any atom is -0.0345 e. The SMILES string of the molecule is [CH2]C(CC)CCC=C(CC)CC. The van der Waals surface area contributed by atoms with Crippen LogP contribution in [0.2, 0.25) is 0 Å². The number of rotatable bonds is 6. The van der Waals surface area contributed by atoms with Crippen LogP contribution in [0.5, 0.6) is 0 Å². The van der Waals surface area contributed by atoms with Crippen molar-refractivity contribution in [3.05, 3.63) is 18.6 Å². The zero-order valence-corrected chi connectivity index (χ0v) is 8.90. The van der Waals surface area contributed by atoms with Crippen LogP contribution in [0.25, 0.3) is 0 Å². The second kappa shape index (κ2) is 7.39. The van der Waals surface area contributed by atoms with Gasteiger partial charge in [-0.1, -0.05) is 45.8 Å². The summed E-state index contributed by atoms with van der Waals surface area (Å²) in [6.07, 6.45) is 8.50. The van der Waals surface area contributed by atoms with Gasteiger partial charge in [0.2, 0.25) is 0 Å². The van der Waals surface area contributed by atoms with Crippen molar-refractivity contribution in [2.24, 2.45) is 5.92 Å². The third kappa shape index (κ3) is 5.40. The molecule has 0 N–H and O–H groups in total. The Morgan fingerprint density at radius 2 is 1.83 bits per heavy atom. The molecule has 0 aromatic rings. The van der Waals surface area contributed by atoms with E-state index < -0.39 is 0 Å². The molecule has 1 atom stereocenters. The highest BCUT2D eigenvalue weighted by atomic mass is 14.0. The first-order valence-electron chi connectivity index (χ1n) is 5.25. The monoisotopic (exact) mass is 167 g/mol. The quantitative estimate of drug-likeness (QED) is 0.515. The molecule has 0 aromatic heterocycles. The lowest BCUT2D eigenvalue weighted by Crippen LogP contribution is -1.91. The van der Waals surface area contributed by atoms with Crippen molar-refractivity contribution < 1.29 is 0 Å². The molecule has 0 amide bonds. The third-order valence-electron chi connectivity index (χ3n) is 2.49. The predicted octanol–water partition coefficient (Wildman–Crippen LogP) is 4.37. The summed E-state index contributed by atoms with van der Waals surface area (Å²) in [5.41, 5.74) is 1.60. The van der Waals surface area contributed by atoms with Gasteiger partial charge in [0.15, 0.2) is 0 Å². The summed E-state index contributed by atoms with van der Waals surface area (Å²) in [6, 6.07) is 0. The lowest BCUT2D eigenvalue weighted by atomic mass is 10.0. The van der Waals surface area contributed by atoms with Crippen LogP contribution >= 0.6 is 0 Å². The lowest BCUT2D eigenvalue weighted by molar-refractivity contribution is 0.573. The van der Waals surface area contributed by atoms with Crippen LogP contribution in [0.1, 0.15) is 52.9 Å². The highest BCUT2D eigenvalue weighted by Crippen LogP contribution is 2.13. The van der Waals surface area contributed by atoms with Crippen molar-refractivity contribution in [1.29, 1.82) is 0 Å². The minimum Gasteiger partial charge on any atom is -0.0853 e. The summed E-state index contributed by atoms with van der Waals surface area (Å²) in [4.78, 5) is 0. The summed E-state index contributed by atoms with van der Waals surface area (Å²) in [6.45, 7) is 10.8. The van der Waals surface area contributed by atoms with E-state index in [1.165, 1.54) is 32.1 Å². The van der Waals surface area contributed by atoms with Crippen molar-refractivity contribution in [2.45, 2.75) is 52.9 Å². The van der Waals surface area contributed by atoms with E-state index in [1.807, 2.05) is 0 Å². The average Bonchev–Trinajstić information content (AvgIpc) is 2.12. The molecule has 12 heavy (non-hydrogen) atoms. The molecule has 0 bridgehead atoms. The molecule has 71 valence electrons. The van der Waals surface area contributed by atoms with Crippen molar-refractivity contribution >= 4 is 0 Å². The summed E-state index contributed by atoms with van der Waals surface area (Å²) in [7, 11) is 0. The largest absolute Gasteiger partial charge is 0.0853 e. The van der Waals surface area contributed by atoms with Gasteiger partial charge in [0.05, 0.1) is 0 Å². The van der Waals surface area contributed by atoms with Gasteiger partial charge in [-0.3, -0.25) is 0 Å². The number of allylic oxidation sites excluding steroid dienone is 2. The van der Waals surface area contributed by atoms with E-state index >= 15 is 0 Å². The van der Waals surface area contributed by atoms with E-state index in [0.717, 1.165) is 0 Å². The Bertz CT molecular complexity index is 116. The maximum atomic E-state index is 4.08. The number of hydrogen-bond acceptors (Lipinski definition) is 0. The normalized spacial score (nSPS) is 12.7. The van der Waals surface area contributed by atoms with Crippen LogP contribution in [-0.2, 0) is 0 Å². The van der Waals surface area contributed by atoms with Gasteiger partial charge in [0.1, 0.15) is 0 Å². The second-order valence-electron chi connectivity index (χ2n) is 3.42. The van der Waals surface area contributed by atoms with Crippen LogP contribution in [0.15, 0.2) is 11.6 Å². The summed E-state index contributed by atoms with van der Waals surface area (Å²) < 4.78 is 0. The van der Waals surface area contributed by atoms with Crippen LogP contribution < -0.4 is 0 Å². The van der Waals surface area contributed by atoms with Gasteiger partial charge in [-0.2, -0.15) is 0 Å². The molecule has 0 spiro atoms. The standard InChI is InChI=1S/C12H23/c1-5-11(4)9-8-10-12(6-2)7-3/h10-11H,4-9H2,1-3H3. The molecule has 0 aromatic carbocycles. The summed E-state index contributed by atoms with van der Waals surface area (Å²) in [5, 5.41) is 0. The minimum absolute atomic E-state index is 0.649. The van der Waals surface area contributed by atoms with E-state index in [0.29, 0.717) is 5.92 Å². The molecule has 0 aliphatic carbocycles. The van der Waals surface area contributed by atoms with Gasteiger partial charge in [0, 0.05) is 0 Å². The molecule has 0 heterocycles. The summed E-state index contributed by atoms with van der Waals surface area (Å²) >= 11 is 0. The molecular formula is C12H23. The molecule has 0 heteroatoms. The van der Waals surface area contributed by atoms with Gasteiger partial charge in [0.25, 0.3) is 0 Å². The van der Waals surface area contributed by atoms with Crippen LogP contribution in [0.4, 0.5) is 0 Å². The molecule has 0 fully saturated rings. The zero-order chi connectivity index (χ0) is 9.40. The molecular weight excluding hydrogens is 144 g/mol. The molecule has 0 nitrogen and oxygen atoms in total. The van der Waals surface area contributed by atoms with Crippen molar-refractivity contribution in [3.8, 4) is 0 Å². The molecule has 0 saturated heterocycles. The molecule has 0 aliphatic rings. The van der Waals surface area contributed by atoms with Gasteiger partial charge >= 0.3 is 0 Å². The predicted molar refractivity (Wildman–Crippen MR) is 57.0 cm³/mol. The van der Waals surface area contributed by atoms with E-state index in [1.54, 1.807) is 5.57 Å². The Labute approximate surface area is 78.1 Å². The summed E-state index contributed by atoms with van der Waals surface area (Å²) in [5.74, 6) is 0.649. The van der Waals surface area contributed by atoms with E-state index in [9.17, 15) is 0 Å². The molecule has 1 unspecified atom stereocenters. The first-order chi connectivity index (χ1) is 5.74. The van der Waals surface area contributed by atoms with Gasteiger partial charge in [-0.25, -0.2) is 0 Å². The Kier molecular flexibility index (Phi) is 7.23. The molecule has 0 rings (SSSR count). The highest BCUT2D eigenvalue weighted by Gasteiger charge is 1.96. The zero-order valence-electron chi connectivity index (χ0n) is 8.90. The van der Waals surface area contributed by atoms with Gasteiger partial charge in [-0.05, 0) is 31.6 Å². The third-order valence-corrected chi connectivity index (χ3v) is 2.49. The lowest BCUT2D eigenvalue weighted by Gasteiger charge is -2.06. The van der Waals surface area contributed by atoms with Gasteiger partial charge in [-0.15, -0.1) is 0 Å². The Morgan fingerprint density at radius 3 is 2.25 bits per heavy atom. The Hall–Kier alpha value is -0.260. The highest BCUT2D eigenvalue weighted by molar-refractivity contribution is 5.00. The topological polar surface area (TPSA) is 0 Å². The minimum atomic E-state index is 0.649. The smallest absolute Gasteiger partial charge is 0.0345 e. The fourth-order valence-corrected chi connectivity index (χ4v) is 1.27. The van der Waals surface area contributed by atoms with Crippen molar-refractivity contribution in [1.82, 2.24) is 0 Å². The Morgan fingerprint density at radius 1 is 1.25 bits per heavy atom. The average molecular weight is 167 g/mol. The van der Waals surface area contributed by atoms with Crippen LogP contribution in [-0.4, -0.2) is 0 Å². The molecule has 0 aliphatic heterocycles. The first-order valence-corrected chi connectivity index (χ1v) is 5.25. The Balaban J connectivity index is 3.57. The fourth-order valence-electron chi connectivity index (χ4n) is 1.27.